The van der Waals surface area contributed by atoms with Crippen LogP contribution in [-0.2, 0) is 0 Å². The zero-order chi connectivity index (χ0) is 18.7. The SMILES string of the molecule is C=CN=C(/C=C\C)C(NC(=C)C(CCC)CCC)c1ccc(C)cc1. The smallest absolute Gasteiger partial charge is 0.0937 e. The zero-order valence-corrected chi connectivity index (χ0v) is 16.4. The highest BCUT2D eigenvalue weighted by Crippen LogP contribution is 2.25. The Morgan fingerprint density at radius 3 is 2.24 bits per heavy atom. The summed E-state index contributed by atoms with van der Waals surface area (Å²) in [5.41, 5.74) is 4.51. The second-order valence-electron chi connectivity index (χ2n) is 6.52. The number of aryl methyl sites for hydroxylation is 1. The van der Waals surface area contributed by atoms with Crippen molar-refractivity contribution in [2.45, 2.75) is 59.4 Å². The Hall–Kier alpha value is -2.09. The van der Waals surface area contributed by atoms with Gasteiger partial charge in [0.15, 0.2) is 0 Å². The molecule has 0 saturated heterocycles. The van der Waals surface area contributed by atoms with Crippen LogP contribution in [-0.4, -0.2) is 5.71 Å². The third kappa shape index (κ3) is 6.74. The maximum Gasteiger partial charge on any atom is 0.0937 e. The highest BCUT2D eigenvalue weighted by molar-refractivity contribution is 6.00. The number of nitrogens with zero attached hydrogens (tertiary/aromatic N) is 1. The molecular weight excluding hydrogens is 304 g/mol. The lowest BCUT2D eigenvalue weighted by molar-refractivity contribution is 0.468. The van der Waals surface area contributed by atoms with E-state index < -0.39 is 0 Å². The van der Waals surface area contributed by atoms with Crippen LogP contribution in [0.15, 0.2) is 66.5 Å². The molecule has 0 aliphatic heterocycles. The second kappa shape index (κ2) is 11.5. The first kappa shape index (κ1) is 21.0. The topological polar surface area (TPSA) is 24.4 Å². The van der Waals surface area contributed by atoms with E-state index in [1.165, 1.54) is 24.0 Å². The van der Waals surface area contributed by atoms with Gasteiger partial charge in [-0.3, -0.25) is 4.99 Å². The largest absolute Gasteiger partial charge is 0.376 e. The van der Waals surface area contributed by atoms with Crippen LogP contribution in [0.25, 0.3) is 0 Å². The normalized spacial score (nSPS) is 13.2. The van der Waals surface area contributed by atoms with Gasteiger partial charge < -0.3 is 5.32 Å². The molecule has 0 saturated carbocycles. The predicted molar refractivity (Wildman–Crippen MR) is 112 cm³/mol. The molecule has 0 aliphatic rings. The van der Waals surface area contributed by atoms with Crippen molar-refractivity contribution in [1.29, 1.82) is 0 Å². The van der Waals surface area contributed by atoms with E-state index in [4.69, 9.17) is 0 Å². The van der Waals surface area contributed by atoms with Gasteiger partial charge in [-0.15, -0.1) is 0 Å². The van der Waals surface area contributed by atoms with Crippen LogP contribution in [0.4, 0.5) is 0 Å². The minimum Gasteiger partial charge on any atom is -0.376 e. The van der Waals surface area contributed by atoms with Crippen molar-refractivity contribution in [2.75, 3.05) is 0 Å². The van der Waals surface area contributed by atoms with E-state index >= 15 is 0 Å². The lowest BCUT2D eigenvalue weighted by Gasteiger charge is -2.27. The number of hydrogen-bond donors (Lipinski definition) is 1. The molecule has 1 aromatic rings. The van der Waals surface area contributed by atoms with Crippen LogP contribution in [0.5, 0.6) is 0 Å². The molecule has 0 heterocycles. The molecule has 25 heavy (non-hydrogen) atoms. The summed E-state index contributed by atoms with van der Waals surface area (Å²) >= 11 is 0. The van der Waals surface area contributed by atoms with Gasteiger partial charge in [0.25, 0.3) is 0 Å². The molecule has 1 aromatic carbocycles. The number of hydrogen-bond acceptors (Lipinski definition) is 2. The minimum absolute atomic E-state index is 0.0153. The molecule has 1 atom stereocenters. The summed E-state index contributed by atoms with van der Waals surface area (Å²) < 4.78 is 0. The van der Waals surface area contributed by atoms with Crippen LogP contribution in [0, 0.1) is 12.8 Å². The van der Waals surface area contributed by atoms with Crippen LogP contribution >= 0.6 is 0 Å². The number of nitrogens with one attached hydrogen (secondary N) is 1. The van der Waals surface area contributed by atoms with Gasteiger partial charge in [0.05, 0.1) is 11.8 Å². The van der Waals surface area contributed by atoms with Crippen molar-refractivity contribution in [3.05, 3.63) is 72.6 Å². The van der Waals surface area contributed by atoms with Crippen molar-refractivity contribution in [2.24, 2.45) is 10.9 Å². The van der Waals surface area contributed by atoms with E-state index in [2.05, 4.69) is 68.5 Å². The summed E-state index contributed by atoms with van der Waals surface area (Å²) in [5, 5.41) is 3.67. The summed E-state index contributed by atoms with van der Waals surface area (Å²) in [6.07, 6.45) is 10.3. The van der Waals surface area contributed by atoms with Gasteiger partial charge in [-0.25, -0.2) is 0 Å². The Morgan fingerprint density at radius 1 is 1.16 bits per heavy atom. The highest BCUT2D eigenvalue weighted by Gasteiger charge is 2.20. The van der Waals surface area contributed by atoms with Gasteiger partial charge in [0.1, 0.15) is 0 Å². The third-order valence-electron chi connectivity index (χ3n) is 4.38. The Kier molecular flexibility index (Phi) is 9.61. The van der Waals surface area contributed by atoms with E-state index in [0.29, 0.717) is 5.92 Å². The summed E-state index contributed by atoms with van der Waals surface area (Å²) in [6.45, 7) is 16.7. The predicted octanol–water partition coefficient (Wildman–Crippen LogP) is 6.52. The fourth-order valence-electron chi connectivity index (χ4n) is 3.07. The quantitative estimate of drug-likeness (QED) is 0.456. The second-order valence-corrected chi connectivity index (χ2v) is 6.52. The minimum atomic E-state index is -0.0153. The maximum atomic E-state index is 4.51. The lowest BCUT2D eigenvalue weighted by Crippen LogP contribution is -2.30. The molecule has 0 amide bonds. The molecule has 1 unspecified atom stereocenters. The van der Waals surface area contributed by atoms with E-state index in [1.807, 2.05) is 19.1 Å². The highest BCUT2D eigenvalue weighted by atomic mass is 15.0. The molecule has 0 fully saturated rings. The summed E-state index contributed by atoms with van der Waals surface area (Å²) in [7, 11) is 0. The van der Waals surface area contributed by atoms with Gasteiger partial charge in [0.2, 0.25) is 0 Å². The third-order valence-corrected chi connectivity index (χ3v) is 4.38. The van der Waals surface area contributed by atoms with Crippen molar-refractivity contribution in [3.63, 3.8) is 0 Å². The van der Waals surface area contributed by atoms with Crippen LogP contribution in [0.3, 0.4) is 0 Å². The first-order valence-corrected chi connectivity index (χ1v) is 9.40. The molecule has 0 aliphatic carbocycles. The van der Waals surface area contributed by atoms with Gasteiger partial charge in [-0.05, 0) is 44.2 Å². The molecule has 1 rings (SSSR count). The molecular formula is C23H34N2. The summed E-state index contributed by atoms with van der Waals surface area (Å²) in [4.78, 5) is 4.51. The maximum absolute atomic E-state index is 4.51. The van der Waals surface area contributed by atoms with Gasteiger partial charge >= 0.3 is 0 Å². The van der Waals surface area contributed by atoms with E-state index in [-0.39, 0.29) is 6.04 Å². The fraction of sp³-hybridized carbons (Fsp3) is 0.435. The molecule has 2 nitrogen and oxygen atoms in total. The standard InChI is InChI=1S/C23H34N2/c1-7-11-20(12-8-2)19(6)25-23(22(13-9-3)24-10-4)21-16-14-18(5)15-17-21/h9-10,13-17,20,23,25H,4,6-8,11-12H2,1-3,5H3/b13-9-,24-22?. The average Bonchev–Trinajstić information content (AvgIpc) is 2.60. The Balaban J connectivity index is 3.17. The van der Waals surface area contributed by atoms with Crippen molar-refractivity contribution >= 4 is 5.71 Å². The molecule has 1 N–H and O–H groups in total. The van der Waals surface area contributed by atoms with E-state index in [1.54, 1.807) is 6.20 Å². The van der Waals surface area contributed by atoms with E-state index in [0.717, 1.165) is 24.3 Å². The fourth-order valence-corrected chi connectivity index (χ4v) is 3.07. The Labute approximate surface area is 154 Å². The average molecular weight is 339 g/mol. The van der Waals surface area contributed by atoms with Crippen molar-refractivity contribution in [1.82, 2.24) is 5.32 Å². The number of aliphatic imine (C=N–C) groups is 1. The van der Waals surface area contributed by atoms with E-state index in [9.17, 15) is 0 Å². The molecule has 136 valence electrons. The van der Waals surface area contributed by atoms with Crippen LogP contribution in [0.2, 0.25) is 0 Å². The first-order valence-electron chi connectivity index (χ1n) is 9.40. The van der Waals surface area contributed by atoms with Crippen LogP contribution < -0.4 is 5.32 Å². The summed E-state index contributed by atoms with van der Waals surface area (Å²) in [6, 6.07) is 8.60. The molecule has 0 aromatic heterocycles. The Bertz CT molecular complexity index is 587. The monoisotopic (exact) mass is 338 g/mol. The molecule has 0 bridgehead atoms. The first-order chi connectivity index (χ1) is 12.1. The van der Waals surface area contributed by atoms with Crippen molar-refractivity contribution in [3.8, 4) is 0 Å². The lowest BCUT2D eigenvalue weighted by atomic mass is 9.93. The van der Waals surface area contributed by atoms with Crippen LogP contribution in [0.1, 0.15) is 63.6 Å². The summed E-state index contributed by atoms with van der Waals surface area (Å²) in [5.74, 6) is 0.499. The Morgan fingerprint density at radius 2 is 1.76 bits per heavy atom. The van der Waals surface area contributed by atoms with Gasteiger partial charge in [0, 0.05) is 11.9 Å². The van der Waals surface area contributed by atoms with Gasteiger partial charge in [-0.2, -0.15) is 0 Å². The van der Waals surface area contributed by atoms with Gasteiger partial charge in [-0.1, -0.05) is 75.8 Å². The van der Waals surface area contributed by atoms with Crippen molar-refractivity contribution < 1.29 is 0 Å². The molecule has 0 radical (unpaired) electrons. The molecule has 0 spiro atoms. The number of benzene rings is 1. The number of rotatable bonds is 11. The zero-order valence-electron chi connectivity index (χ0n) is 16.4. The molecule has 2 heteroatoms. The number of allylic oxidation sites excluding steroid dienone is 2.